The summed E-state index contributed by atoms with van der Waals surface area (Å²) in [5.41, 5.74) is 1.68. The number of carbonyl (C=O) groups is 1. The average molecular weight is 259 g/mol. The molecule has 0 amide bonds. The van der Waals surface area contributed by atoms with E-state index in [1.165, 1.54) is 30.6 Å². The highest BCUT2D eigenvalue weighted by Crippen LogP contribution is 2.28. The highest BCUT2D eigenvalue weighted by molar-refractivity contribution is 6.33. The highest BCUT2D eigenvalue weighted by Gasteiger charge is 2.09. The first-order valence-corrected chi connectivity index (χ1v) is 5.38. The Hall–Kier alpha value is -2.38. The van der Waals surface area contributed by atoms with E-state index in [1.54, 1.807) is 6.07 Å². The molecule has 1 aromatic carbocycles. The van der Waals surface area contributed by atoms with Crippen LogP contribution in [0.15, 0.2) is 36.7 Å². The highest BCUT2D eigenvalue weighted by atomic mass is 35.5. The van der Waals surface area contributed by atoms with Crippen molar-refractivity contribution >= 4 is 17.6 Å². The van der Waals surface area contributed by atoms with Crippen LogP contribution in [0, 0.1) is 11.3 Å². The number of nitriles is 1. The molecule has 4 nitrogen and oxygen atoms in total. The lowest BCUT2D eigenvalue weighted by molar-refractivity contribution is 0.0697. The van der Waals surface area contributed by atoms with Gasteiger partial charge in [-0.15, -0.1) is 0 Å². The number of hydrogen-bond acceptors (Lipinski definition) is 3. The molecule has 1 heterocycles. The van der Waals surface area contributed by atoms with E-state index in [0.717, 1.165) is 0 Å². The van der Waals surface area contributed by atoms with Crippen molar-refractivity contribution in [3.63, 3.8) is 0 Å². The van der Waals surface area contributed by atoms with Crippen LogP contribution in [0.3, 0.4) is 0 Å². The Morgan fingerprint density at radius 2 is 2.11 bits per heavy atom. The van der Waals surface area contributed by atoms with E-state index >= 15 is 0 Å². The number of aromatic nitrogens is 1. The van der Waals surface area contributed by atoms with Crippen LogP contribution in [0.2, 0.25) is 5.02 Å². The van der Waals surface area contributed by atoms with E-state index in [4.69, 9.17) is 22.0 Å². The Kier molecular flexibility index (Phi) is 3.26. The van der Waals surface area contributed by atoms with Crippen molar-refractivity contribution < 1.29 is 9.90 Å². The van der Waals surface area contributed by atoms with Crippen molar-refractivity contribution in [2.75, 3.05) is 0 Å². The summed E-state index contributed by atoms with van der Waals surface area (Å²) < 4.78 is 0. The standard InChI is InChI=1S/C13H7ClN2O2/c14-12-2-1-9(13(17)18)4-11(12)10-3-8(5-15)6-16-7-10/h1-4,6-7H,(H,17,18). The van der Waals surface area contributed by atoms with Gasteiger partial charge in [-0.3, -0.25) is 4.98 Å². The van der Waals surface area contributed by atoms with Gasteiger partial charge in [0.1, 0.15) is 6.07 Å². The molecule has 1 aromatic heterocycles. The molecule has 0 aliphatic heterocycles. The summed E-state index contributed by atoms with van der Waals surface area (Å²) in [5, 5.41) is 18.2. The SMILES string of the molecule is N#Cc1cncc(-c2cc(C(=O)O)ccc2Cl)c1. The summed E-state index contributed by atoms with van der Waals surface area (Å²) in [5.74, 6) is -1.03. The zero-order valence-corrected chi connectivity index (χ0v) is 9.85. The molecule has 0 saturated heterocycles. The number of halogens is 1. The largest absolute Gasteiger partial charge is 0.478 e. The number of benzene rings is 1. The molecule has 5 heteroatoms. The van der Waals surface area contributed by atoms with Crippen LogP contribution in [0.25, 0.3) is 11.1 Å². The van der Waals surface area contributed by atoms with E-state index in [2.05, 4.69) is 4.98 Å². The maximum atomic E-state index is 10.9. The molecule has 0 saturated carbocycles. The van der Waals surface area contributed by atoms with Gasteiger partial charge in [-0.25, -0.2) is 4.79 Å². The van der Waals surface area contributed by atoms with Crippen molar-refractivity contribution in [2.45, 2.75) is 0 Å². The molecule has 0 aliphatic carbocycles. The van der Waals surface area contributed by atoms with E-state index in [1.807, 2.05) is 6.07 Å². The smallest absolute Gasteiger partial charge is 0.335 e. The molecule has 0 radical (unpaired) electrons. The van der Waals surface area contributed by atoms with Gasteiger partial charge in [0.05, 0.1) is 11.1 Å². The molecular formula is C13H7ClN2O2. The van der Waals surface area contributed by atoms with Crippen LogP contribution < -0.4 is 0 Å². The van der Waals surface area contributed by atoms with E-state index in [-0.39, 0.29) is 5.56 Å². The zero-order valence-electron chi connectivity index (χ0n) is 9.09. The Balaban J connectivity index is 2.59. The topological polar surface area (TPSA) is 74.0 Å². The number of carboxylic acid groups (broad SMARTS) is 1. The Bertz CT molecular complexity index is 662. The lowest BCUT2D eigenvalue weighted by Crippen LogP contribution is -1.96. The second kappa shape index (κ2) is 4.86. The van der Waals surface area contributed by atoms with Gasteiger partial charge in [0.2, 0.25) is 0 Å². The molecule has 88 valence electrons. The summed E-state index contributed by atoms with van der Waals surface area (Å²) in [4.78, 5) is 14.8. The minimum atomic E-state index is -1.03. The third kappa shape index (κ3) is 2.31. The molecule has 0 aliphatic rings. The monoisotopic (exact) mass is 258 g/mol. The summed E-state index contributed by atoms with van der Waals surface area (Å²) in [6, 6.07) is 7.98. The number of carboxylic acids is 1. The zero-order chi connectivity index (χ0) is 13.1. The van der Waals surface area contributed by atoms with Crippen LogP contribution >= 0.6 is 11.6 Å². The maximum absolute atomic E-state index is 10.9. The van der Waals surface area contributed by atoms with Gasteiger partial charge in [0.15, 0.2) is 0 Å². The van der Waals surface area contributed by atoms with Gasteiger partial charge < -0.3 is 5.11 Å². The first-order valence-electron chi connectivity index (χ1n) is 5.00. The van der Waals surface area contributed by atoms with Crippen molar-refractivity contribution in [1.29, 1.82) is 5.26 Å². The molecule has 2 rings (SSSR count). The molecule has 0 spiro atoms. The average Bonchev–Trinajstić information content (AvgIpc) is 2.39. The number of nitrogens with zero attached hydrogens (tertiary/aromatic N) is 2. The quantitative estimate of drug-likeness (QED) is 0.899. The van der Waals surface area contributed by atoms with E-state index < -0.39 is 5.97 Å². The lowest BCUT2D eigenvalue weighted by Gasteiger charge is -2.05. The molecule has 0 bridgehead atoms. The Labute approximate surface area is 108 Å². The second-order valence-electron chi connectivity index (χ2n) is 3.57. The Morgan fingerprint density at radius 1 is 1.33 bits per heavy atom. The molecular weight excluding hydrogens is 252 g/mol. The fourth-order valence-corrected chi connectivity index (χ4v) is 1.75. The number of rotatable bonds is 2. The first-order chi connectivity index (χ1) is 8.61. The van der Waals surface area contributed by atoms with Gasteiger partial charge in [0, 0.05) is 28.5 Å². The molecule has 0 unspecified atom stereocenters. The maximum Gasteiger partial charge on any atom is 0.335 e. The van der Waals surface area contributed by atoms with E-state index in [0.29, 0.717) is 21.7 Å². The van der Waals surface area contributed by atoms with Gasteiger partial charge in [-0.1, -0.05) is 11.6 Å². The molecule has 18 heavy (non-hydrogen) atoms. The molecule has 0 atom stereocenters. The number of hydrogen-bond donors (Lipinski definition) is 1. The minimum absolute atomic E-state index is 0.136. The molecule has 1 N–H and O–H groups in total. The van der Waals surface area contributed by atoms with Crippen LogP contribution in [-0.2, 0) is 0 Å². The first kappa shape index (κ1) is 12.1. The predicted octanol–water partition coefficient (Wildman–Crippen LogP) is 2.97. The number of pyridine rings is 1. The van der Waals surface area contributed by atoms with Crippen molar-refractivity contribution in [2.24, 2.45) is 0 Å². The summed E-state index contributed by atoms with van der Waals surface area (Å²) >= 11 is 6.03. The predicted molar refractivity (Wildman–Crippen MR) is 66.4 cm³/mol. The third-order valence-corrected chi connectivity index (χ3v) is 2.72. The summed E-state index contributed by atoms with van der Waals surface area (Å²) in [7, 11) is 0. The summed E-state index contributed by atoms with van der Waals surface area (Å²) in [6.07, 6.45) is 2.96. The third-order valence-electron chi connectivity index (χ3n) is 2.39. The van der Waals surface area contributed by atoms with Crippen molar-refractivity contribution in [3.8, 4) is 17.2 Å². The van der Waals surface area contributed by atoms with Gasteiger partial charge in [-0.2, -0.15) is 5.26 Å². The van der Waals surface area contributed by atoms with E-state index in [9.17, 15) is 4.79 Å². The van der Waals surface area contributed by atoms with Crippen LogP contribution in [0.5, 0.6) is 0 Å². The minimum Gasteiger partial charge on any atom is -0.478 e. The van der Waals surface area contributed by atoms with Crippen molar-refractivity contribution in [3.05, 3.63) is 52.8 Å². The second-order valence-corrected chi connectivity index (χ2v) is 3.98. The van der Waals surface area contributed by atoms with Gasteiger partial charge >= 0.3 is 5.97 Å². The van der Waals surface area contributed by atoms with Crippen molar-refractivity contribution in [1.82, 2.24) is 4.98 Å². The molecule has 0 fully saturated rings. The van der Waals surface area contributed by atoms with Crippen LogP contribution in [-0.4, -0.2) is 16.1 Å². The molecule has 2 aromatic rings. The fourth-order valence-electron chi connectivity index (χ4n) is 1.53. The van der Waals surface area contributed by atoms with Crippen LogP contribution in [0.1, 0.15) is 15.9 Å². The Morgan fingerprint density at radius 3 is 2.78 bits per heavy atom. The number of aromatic carboxylic acids is 1. The van der Waals surface area contributed by atoms with Gasteiger partial charge in [-0.05, 0) is 24.3 Å². The van der Waals surface area contributed by atoms with Gasteiger partial charge in [0.25, 0.3) is 0 Å². The fraction of sp³-hybridized carbons (Fsp3) is 0. The summed E-state index contributed by atoms with van der Waals surface area (Å²) in [6.45, 7) is 0. The normalized spacial score (nSPS) is 9.78. The lowest BCUT2D eigenvalue weighted by atomic mass is 10.0. The van der Waals surface area contributed by atoms with Crippen LogP contribution in [0.4, 0.5) is 0 Å².